The van der Waals surface area contributed by atoms with Crippen molar-refractivity contribution in [3.8, 4) is 0 Å². The van der Waals surface area contributed by atoms with Gasteiger partial charge in [-0.3, -0.25) is 4.99 Å². The first kappa shape index (κ1) is 15.8. The van der Waals surface area contributed by atoms with E-state index < -0.39 is 0 Å². The van der Waals surface area contributed by atoms with Crippen LogP contribution in [0.3, 0.4) is 0 Å². The predicted molar refractivity (Wildman–Crippen MR) is 99.9 cm³/mol. The van der Waals surface area contributed by atoms with Crippen LogP contribution in [0.4, 0.5) is 11.4 Å². The maximum Gasteiger partial charge on any atom is 0.0629 e. The summed E-state index contributed by atoms with van der Waals surface area (Å²) in [5.41, 5.74) is 3.72. The molecule has 120 valence electrons. The van der Waals surface area contributed by atoms with E-state index in [1.165, 1.54) is 11.4 Å². The van der Waals surface area contributed by atoms with Crippen molar-refractivity contribution in [3.05, 3.63) is 60.7 Å². The van der Waals surface area contributed by atoms with Gasteiger partial charge in [-0.1, -0.05) is 36.4 Å². The van der Waals surface area contributed by atoms with Crippen LogP contribution in [0.2, 0.25) is 0 Å². The summed E-state index contributed by atoms with van der Waals surface area (Å²) in [4.78, 5) is 7.49. The van der Waals surface area contributed by atoms with Crippen LogP contribution in [0, 0.1) is 0 Å². The summed E-state index contributed by atoms with van der Waals surface area (Å²) in [5, 5.41) is 0. The second-order valence-electron chi connectivity index (χ2n) is 7.66. The number of rotatable bonds is 2. The maximum atomic E-state index is 4.93. The highest BCUT2D eigenvalue weighted by Gasteiger charge is 2.43. The van der Waals surface area contributed by atoms with Gasteiger partial charge in [0.25, 0.3) is 0 Å². The minimum absolute atomic E-state index is 0.0384. The molecule has 2 aromatic carbocycles. The Kier molecular flexibility index (Phi) is 4.01. The van der Waals surface area contributed by atoms with Gasteiger partial charge in [0, 0.05) is 35.3 Å². The molecular formula is C21H26N2. The summed E-state index contributed by atoms with van der Waals surface area (Å²) in [5.74, 6) is 0. The molecule has 2 aromatic rings. The number of nitrogens with zero attached hydrogens (tertiary/aromatic N) is 2. The van der Waals surface area contributed by atoms with Crippen molar-refractivity contribution in [3.63, 3.8) is 0 Å². The third kappa shape index (κ3) is 3.31. The average molecular weight is 306 g/mol. The first-order chi connectivity index (χ1) is 10.9. The van der Waals surface area contributed by atoms with E-state index in [2.05, 4.69) is 87.2 Å². The second-order valence-corrected chi connectivity index (χ2v) is 7.66. The average Bonchev–Trinajstić information content (AvgIpc) is 2.46. The largest absolute Gasteiger partial charge is 0.361 e. The Labute approximate surface area is 139 Å². The van der Waals surface area contributed by atoms with Crippen LogP contribution in [-0.2, 0) is 0 Å². The Bertz CT molecular complexity index is 664. The molecule has 0 saturated carbocycles. The third-order valence-corrected chi connectivity index (χ3v) is 4.54. The topological polar surface area (TPSA) is 15.6 Å². The number of anilines is 1. The number of benzene rings is 2. The molecule has 0 N–H and O–H groups in total. The van der Waals surface area contributed by atoms with Gasteiger partial charge in [0.1, 0.15) is 0 Å². The van der Waals surface area contributed by atoms with Crippen molar-refractivity contribution in [2.75, 3.05) is 4.90 Å². The lowest BCUT2D eigenvalue weighted by Gasteiger charge is -2.54. The van der Waals surface area contributed by atoms with E-state index in [0.717, 1.165) is 18.5 Å². The number of para-hydroxylation sites is 2. The standard InChI is InChI=1S/C21H26N2/c1-20(2)15-18(22-17-11-7-5-8-12-17)16-21(3,4)23(20)19-13-9-6-10-14-19/h5-14H,15-16H2,1-4H3. The van der Waals surface area contributed by atoms with Gasteiger partial charge >= 0.3 is 0 Å². The predicted octanol–water partition coefficient (Wildman–Crippen LogP) is 5.62. The molecule has 1 saturated heterocycles. The molecule has 1 fully saturated rings. The zero-order chi connectivity index (χ0) is 16.5. The monoisotopic (exact) mass is 306 g/mol. The van der Waals surface area contributed by atoms with Crippen LogP contribution < -0.4 is 4.90 Å². The quantitative estimate of drug-likeness (QED) is 0.703. The van der Waals surface area contributed by atoms with Gasteiger partial charge in [-0.25, -0.2) is 0 Å². The minimum atomic E-state index is 0.0384. The van der Waals surface area contributed by atoms with E-state index in [1.807, 2.05) is 6.07 Å². The summed E-state index contributed by atoms with van der Waals surface area (Å²) in [6.07, 6.45) is 1.97. The highest BCUT2D eigenvalue weighted by molar-refractivity contribution is 5.91. The normalized spacial score (nSPS) is 19.5. The molecule has 1 heterocycles. The van der Waals surface area contributed by atoms with Gasteiger partial charge in [0.15, 0.2) is 0 Å². The summed E-state index contributed by atoms with van der Waals surface area (Å²) in [7, 11) is 0. The first-order valence-electron chi connectivity index (χ1n) is 8.35. The van der Waals surface area contributed by atoms with Gasteiger partial charge < -0.3 is 4.90 Å². The molecule has 0 aliphatic carbocycles. The van der Waals surface area contributed by atoms with E-state index in [4.69, 9.17) is 4.99 Å². The van der Waals surface area contributed by atoms with Gasteiger partial charge in [0.2, 0.25) is 0 Å². The zero-order valence-electron chi connectivity index (χ0n) is 14.6. The molecule has 0 unspecified atom stereocenters. The van der Waals surface area contributed by atoms with Gasteiger partial charge in [-0.2, -0.15) is 0 Å². The molecule has 0 spiro atoms. The summed E-state index contributed by atoms with van der Waals surface area (Å²) < 4.78 is 0. The molecule has 0 bridgehead atoms. The Morgan fingerprint density at radius 3 is 1.74 bits per heavy atom. The SMILES string of the molecule is CC1(C)CC(=Nc2ccccc2)CC(C)(C)N1c1ccccc1. The number of aliphatic imine (C=N–C) groups is 1. The molecule has 0 radical (unpaired) electrons. The van der Waals surface area contributed by atoms with Crippen molar-refractivity contribution in [2.24, 2.45) is 4.99 Å². The van der Waals surface area contributed by atoms with E-state index in [9.17, 15) is 0 Å². The number of piperidine rings is 1. The van der Waals surface area contributed by atoms with E-state index >= 15 is 0 Å². The molecule has 1 aliphatic heterocycles. The Morgan fingerprint density at radius 2 is 1.22 bits per heavy atom. The summed E-state index contributed by atoms with van der Waals surface area (Å²) in [6, 6.07) is 21.0. The first-order valence-corrected chi connectivity index (χ1v) is 8.35. The van der Waals surface area contributed by atoms with Crippen molar-refractivity contribution < 1.29 is 0 Å². The lowest BCUT2D eigenvalue weighted by Crippen LogP contribution is -2.61. The second kappa shape index (κ2) is 5.84. The fraction of sp³-hybridized carbons (Fsp3) is 0.381. The molecule has 2 heteroatoms. The van der Waals surface area contributed by atoms with Crippen molar-refractivity contribution in [2.45, 2.75) is 51.6 Å². The number of hydrogen-bond acceptors (Lipinski definition) is 2. The Morgan fingerprint density at radius 1 is 0.739 bits per heavy atom. The lowest BCUT2D eigenvalue weighted by atomic mass is 9.78. The molecule has 0 aromatic heterocycles. The highest BCUT2D eigenvalue weighted by atomic mass is 15.3. The van der Waals surface area contributed by atoms with Crippen LogP contribution in [0.1, 0.15) is 40.5 Å². The minimum Gasteiger partial charge on any atom is -0.361 e. The molecule has 0 atom stereocenters. The van der Waals surface area contributed by atoms with E-state index in [1.54, 1.807) is 0 Å². The Hall–Kier alpha value is -2.09. The maximum absolute atomic E-state index is 4.93. The van der Waals surface area contributed by atoms with Gasteiger partial charge in [-0.15, -0.1) is 0 Å². The molecular weight excluding hydrogens is 280 g/mol. The molecule has 23 heavy (non-hydrogen) atoms. The van der Waals surface area contributed by atoms with Crippen LogP contribution in [0.5, 0.6) is 0 Å². The third-order valence-electron chi connectivity index (χ3n) is 4.54. The van der Waals surface area contributed by atoms with E-state index in [-0.39, 0.29) is 11.1 Å². The Balaban J connectivity index is 1.95. The van der Waals surface area contributed by atoms with Gasteiger partial charge in [0.05, 0.1) is 5.69 Å². The molecule has 0 amide bonds. The van der Waals surface area contributed by atoms with Crippen molar-refractivity contribution in [1.29, 1.82) is 0 Å². The van der Waals surface area contributed by atoms with Crippen LogP contribution in [0.15, 0.2) is 65.7 Å². The van der Waals surface area contributed by atoms with Gasteiger partial charge in [-0.05, 0) is 52.0 Å². The molecule has 2 nitrogen and oxygen atoms in total. The van der Waals surface area contributed by atoms with Crippen LogP contribution in [-0.4, -0.2) is 16.8 Å². The van der Waals surface area contributed by atoms with E-state index in [0.29, 0.717) is 0 Å². The fourth-order valence-electron chi connectivity index (χ4n) is 4.08. The molecule has 3 rings (SSSR count). The van der Waals surface area contributed by atoms with Crippen molar-refractivity contribution >= 4 is 17.1 Å². The van der Waals surface area contributed by atoms with Crippen molar-refractivity contribution in [1.82, 2.24) is 0 Å². The zero-order valence-corrected chi connectivity index (χ0v) is 14.6. The molecule has 1 aliphatic rings. The van der Waals surface area contributed by atoms with Crippen LogP contribution >= 0.6 is 0 Å². The lowest BCUT2D eigenvalue weighted by molar-refractivity contribution is 0.324. The smallest absolute Gasteiger partial charge is 0.0629 e. The summed E-state index contributed by atoms with van der Waals surface area (Å²) in [6.45, 7) is 9.28. The fourth-order valence-corrected chi connectivity index (χ4v) is 4.08. The number of hydrogen-bond donors (Lipinski definition) is 0. The highest BCUT2D eigenvalue weighted by Crippen LogP contribution is 2.41. The van der Waals surface area contributed by atoms with Crippen LogP contribution in [0.25, 0.3) is 0 Å². The summed E-state index contributed by atoms with van der Waals surface area (Å²) >= 11 is 0.